The smallest absolute Gasteiger partial charge is 0.264 e. The van der Waals surface area contributed by atoms with Crippen molar-refractivity contribution in [3.8, 4) is 16.9 Å². The molecule has 0 aliphatic carbocycles. The van der Waals surface area contributed by atoms with Gasteiger partial charge in [-0.2, -0.15) is 0 Å². The highest BCUT2D eigenvalue weighted by Gasteiger charge is 2.43. The van der Waals surface area contributed by atoms with Gasteiger partial charge in [0.1, 0.15) is 5.75 Å². The van der Waals surface area contributed by atoms with Crippen LogP contribution in [0.1, 0.15) is 26.2 Å². The van der Waals surface area contributed by atoms with Crippen LogP contribution in [0.15, 0.2) is 47.4 Å². The number of benzene rings is 1. The number of amides is 1. The molecule has 0 bridgehead atoms. The maximum atomic E-state index is 12.5. The third-order valence-corrected chi connectivity index (χ3v) is 7.26. The zero-order valence-corrected chi connectivity index (χ0v) is 18.4. The van der Waals surface area contributed by atoms with Gasteiger partial charge in [-0.3, -0.25) is 14.8 Å². The summed E-state index contributed by atoms with van der Waals surface area (Å²) in [6, 6.07) is 10.4. The third kappa shape index (κ3) is 6.16. The van der Waals surface area contributed by atoms with E-state index in [9.17, 15) is 18.0 Å². The Kier molecular flexibility index (Phi) is 8.37. The van der Waals surface area contributed by atoms with Crippen molar-refractivity contribution < 1.29 is 28.3 Å². The van der Waals surface area contributed by atoms with Gasteiger partial charge in [0, 0.05) is 31.7 Å². The fourth-order valence-corrected chi connectivity index (χ4v) is 3.78. The molecule has 3 N–H and O–H groups in total. The molecule has 9 nitrogen and oxygen atoms in total. The van der Waals surface area contributed by atoms with E-state index in [0.29, 0.717) is 24.3 Å². The topological polar surface area (TPSA) is 135 Å². The molecule has 1 aromatic heterocycles. The van der Waals surface area contributed by atoms with E-state index in [1.165, 1.54) is 29.2 Å². The lowest BCUT2D eigenvalue weighted by Gasteiger charge is -2.25. The van der Waals surface area contributed by atoms with Gasteiger partial charge >= 0.3 is 0 Å². The molecule has 2 aromatic rings. The molecular formula is C21H28N2O7S. The second-order valence-electron chi connectivity index (χ2n) is 7.44. The minimum absolute atomic E-state index is 0.0171. The van der Waals surface area contributed by atoms with Gasteiger partial charge in [-0.15, -0.1) is 0 Å². The van der Waals surface area contributed by atoms with E-state index in [4.69, 9.17) is 15.1 Å². The number of carbonyl (C=O) groups is 1. The number of nitrogens with one attached hydrogen (secondary N) is 1. The zero-order chi connectivity index (χ0) is 23.1. The van der Waals surface area contributed by atoms with Crippen molar-refractivity contribution in [2.45, 2.75) is 37.5 Å². The van der Waals surface area contributed by atoms with Crippen LogP contribution >= 0.6 is 0 Å². The standard InChI is InChI=1S/C21H28N2O7S/c1-21(20(26)22-27,31(2,28)29)10-12-23-11-9-17(15-19(23)25)16-5-7-18(8-6-16)30-14-4-3-13-24/h5-9,11,15,24,27H,3-4,10,12-14H2,1-2H3,(H,22,26). The highest BCUT2D eigenvalue weighted by Crippen LogP contribution is 2.23. The number of sulfone groups is 1. The first-order chi connectivity index (χ1) is 14.6. The van der Waals surface area contributed by atoms with E-state index in [1.54, 1.807) is 18.2 Å². The highest BCUT2D eigenvalue weighted by atomic mass is 32.2. The Labute approximate surface area is 181 Å². The number of ether oxygens (including phenoxy) is 1. The van der Waals surface area contributed by atoms with Crippen LogP contribution in [0.4, 0.5) is 0 Å². The first kappa shape index (κ1) is 24.6. The number of aryl methyl sites for hydroxylation is 1. The second kappa shape index (κ2) is 10.6. The van der Waals surface area contributed by atoms with Crippen molar-refractivity contribution in [3.63, 3.8) is 0 Å². The number of unbranched alkanes of at least 4 members (excludes halogenated alkanes) is 1. The number of rotatable bonds is 11. The molecule has 170 valence electrons. The number of carbonyl (C=O) groups excluding carboxylic acids is 1. The van der Waals surface area contributed by atoms with Gasteiger partial charge < -0.3 is 14.4 Å². The number of aliphatic hydroxyl groups is 1. The minimum atomic E-state index is -3.84. The Morgan fingerprint density at radius 1 is 1.16 bits per heavy atom. The number of nitrogens with zero attached hydrogens (tertiary/aromatic N) is 1. The average Bonchev–Trinajstić information content (AvgIpc) is 2.74. The normalized spacial score (nSPS) is 13.4. The number of aromatic nitrogens is 1. The largest absolute Gasteiger partial charge is 0.494 e. The van der Waals surface area contributed by atoms with Gasteiger partial charge in [0.15, 0.2) is 14.6 Å². The van der Waals surface area contributed by atoms with E-state index in [2.05, 4.69) is 0 Å². The summed E-state index contributed by atoms with van der Waals surface area (Å²) in [5.74, 6) is -0.351. The average molecular weight is 453 g/mol. The van der Waals surface area contributed by atoms with Crippen molar-refractivity contribution in [2.24, 2.45) is 0 Å². The number of pyridine rings is 1. The van der Waals surface area contributed by atoms with Crippen LogP contribution in [-0.4, -0.2) is 53.4 Å². The summed E-state index contributed by atoms with van der Waals surface area (Å²) >= 11 is 0. The molecule has 1 unspecified atom stereocenters. The lowest BCUT2D eigenvalue weighted by atomic mass is 10.1. The molecular weight excluding hydrogens is 424 g/mol. The van der Waals surface area contributed by atoms with E-state index in [1.807, 2.05) is 12.1 Å². The van der Waals surface area contributed by atoms with E-state index < -0.39 is 20.5 Å². The Morgan fingerprint density at radius 3 is 2.39 bits per heavy atom. The number of hydroxylamine groups is 1. The van der Waals surface area contributed by atoms with Gasteiger partial charge in [0.05, 0.1) is 6.61 Å². The summed E-state index contributed by atoms with van der Waals surface area (Å²) in [7, 11) is -3.84. The number of hydrogen-bond acceptors (Lipinski definition) is 7. The summed E-state index contributed by atoms with van der Waals surface area (Å²) < 4.78 is 29.1. The van der Waals surface area contributed by atoms with Crippen LogP contribution in [0.3, 0.4) is 0 Å². The van der Waals surface area contributed by atoms with Crippen LogP contribution in [0.25, 0.3) is 11.1 Å². The van der Waals surface area contributed by atoms with Crippen molar-refractivity contribution >= 4 is 15.7 Å². The summed E-state index contributed by atoms with van der Waals surface area (Å²) in [4.78, 5) is 24.4. The maximum absolute atomic E-state index is 12.5. The molecule has 0 fully saturated rings. The van der Waals surface area contributed by atoms with Crippen LogP contribution in [0.2, 0.25) is 0 Å². The zero-order valence-electron chi connectivity index (χ0n) is 17.6. The quantitative estimate of drug-likeness (QED) is 0.266. The fourth-order valence-electron chi connectivity index (χ4n) is 2.94. The molecule has 31 heavy (non-hydrogen) atoms. The molecule has 2 rings (SSSR count). The van der Waals surface area contributed by atoms with Crippen molar-refractivity contribution in [3.05, 3.63) is 52.9 Å². The van der Waals surface area contributed by atoms with Crippen molar-refractivity contribution in [1.82, 2.24) is 10.0 Å². The SMILES string of the molecule is CC(CCn1ccc(-c2ccc(OCCCCO)cc2)cc1=O)(C(=O)NO)S(C)(=O)=O. The molecule has 0 aliphatic heterocycles. The van der Waals surface area contributed by atoms with Crippen LogP contribution < -0.4 is 15.8 Å². The first-order valence-electron chi connectivity index (χ1n) is 9.81. The molecule has 1 amide bonds. The molecule has 0 saturated carbocycles. The van der Waals surface area contributed by atoms with Gasteiger partial charge in [0.25, 0.3) is 11.5 Å². The lowest BCUT2D eigenvalue weighted by molar-refractivity contribution is -0.131. The molecule has 10 heteroatoms. The van der Waals surface area contributed by atoms with Crippen LogP contribution in [0.5, 0.6) is 5.75 Å². The summed E-state index contributed by atoms with van der Waals surface area (Å²) in [6.07, 6.45) is 3.71. The monoisotopic (exact) mass is 452 g/mol. The first-order valence-corrected chi connectivity index (χ1v) is 11.7. The predicted molar refractivity (Wildman–Crippen MR) is 116 cm³/mol. The molecule has 0 spiro atoms. The van der Waals surface area contributed by atoms with Gasteiger partial charge in [-0.25, -0.2) is 13.9 Å². The molecule has 0 aliphatic rings. The Balaban J connectivity index is 2.11. The van der Waals surface area contributed by atoms with Gasteiger partial charge in [-0.05, 0) is 55.5 Å². The van der Waals surface area contributed by atoms with Crippen LogP contribution in [-0.2, 0) is 21.2 Å². The highest BCUT2D eigenvalue weighted by molar-refractivity contribution is 7.92. The number of aliphatic hydroxyl groups excluding tert-OH is 1. The second-order valence-corrected chi connectivity index (χ2v) is 9.89. The molecule has 0 radical (unpaired) electrons. The number of hydrogen-bond donors (Lipinski definition) is 3. The van der Waals surface area contributed by atoms with Crippen LogP contribution in [0, 0.1) is 0 Å². The Hall–Kier alpha value is -2.69. The fraction of sp³-hybridized carbons (Fsp3) is 0.429. The van der Waals surface area contributed by atoms with Gasteiger partial charge in [-0.1, -0.05) is 12.1 Å². The molecule has 1 heterocycles. The van der Waals surface area contributed by atoms with E-state index >= 15 is 0 Å². The van der Waals surface area contributed by atoms with E-state index in [0.717, 1.165) is 18.2 Å². The molecule has 1 aromatic carbocycles. The van der Waals surface area contributed by atoms with Crippen molar-refractivity contribution in [2.75, 3.05) is 19.5 Å². The Bertz CT molecular complexity index is 1050. The summed E-state index contributed by atoms with van der Waals surface area (Å²) in [6.45, 7) is 1.84. The lowest BCUT2D eigenvalue weighted by Crippen LogP contribution is -2.49. The molecule has 1 atom stereocenters. The van der Waals surface area contributed by atoms with Gasteiger partial charge in [0.2, 0.25) is 0 Å². The van der Waals surface area contributed by atoms with Crippen molar-refractivity contribution in [1.29, 1.82) is 0 Å². The molecule has 0 saturated heterocycles. The predicted octanol–water partition coefficient (Wildman–Crippen LogP) is 1.37. The van der Waals surface area contributed by atoms with E-state index in [-0.39, 0.29) is 25.1 Å². The minimum Gasteiger partial charge on any atom is -0.494 e. The maximum Gasteiger partial charge on any atom is 0.264 e. The Morgan fingerprint density at radius 2 is 1.84 bits per heavy atom. The third-order valence-electron chi connectivity index (χ3n) is 5.23. The summed E-state index contributed by atoms with van der Waals surface area (Å²) in [5, 5.41) is 17.7. The summed E-state index contributed by atoms with van der Waals surface area (Å²) in [5.41, 5.74) is 2.54.